The summed E-state index contributed by atoms with van der Waals surface area (Å²) in [7, 11) is -1.48. The number of carbonyl (C=O) groups is 1. The zero-order valence-corrected chi connectivity index (χ0v) is 15.9. The molecule has 4 nitrogen and oxygen atoms in total. The van der Waals surface area contributed by atoms with Crippen molar-refractivity contribution in [3.63, 3.8) is 0 Å². The van der Waals surface area contributed by atoms with Gasteiger partial charge in [0.05, 0.1) is 13.2 Å². The van der Waals surface area contributed by atoms with Gasteiger partial charge in [-0.3, -0.25) is 4.79 Å². The van der Waals surface area contributed by atoms with Crippen LogP contribution in [-0.2, 0) is 18.4 Å². The van der Waals surface area contributed by atoms with Crippen molar-refractivity contribution in [2.24, 2.45) is 5.41 Å². The van der Waals surface area contributed by atoms with Crippen LogP contribution in [0.1, 0.15) is 41.0 Å². The molecule has 6 heteroatoms. The molecule has 0 N–H and O–H groups in total. The van der Waals surface area contributed by atoms with Crippen molar-refractivity contribution in [2.75, 3.05) is 13.2 Å². The lowest BCUT2D eigenvalue weighted by Gasteiger charge is -2.27. The highest BCUT2D eigenvalue weighted by atomic mass is 32.1. The van der Waals surface area contributed by atoms with E-state index in [4.69, 9.17) is 13.6 Å². The first-order valence-corrected chi connectivity index (χ1v) is 8.82. The first kappa shape index (κ1) is 21.4. The second kappa shape index (κ2) is 11.0. The zero-order valence-electron chi connectivity index (χ0n) is 14.1. The molecule has 0 radical (unpaired) electrons. The molecule has 0 saturated heterocycles. The summed E-state index contributed by atoms with van der Waals surface area (Å²) < 4.78 is 16.9. The van der Waals surface area contributed by atoms with Gasteiger partial charge in [0.15, 0.2) is 5.12 Å². The fraction of sp³-hybridized carbons (Fsp3) is 0.562. The van der Waals surface area contributed by atoms with Crippen molar-refractivity contribution in [3.05, 3.63) is 36.1 Å². The number of carbonyl (C=O) groups excluding carboxylic acids is 1. The number of thiol groups is 1. The van der Waals surface area contributed by atoms with Gasteiger partial charge in [0, 0.05) is 17.4 Å². The van der Waals surface area contributed by atoms with Crippen LogP contribution >= 0.6 is 21.2 Å². The molecule has 22 heavy (non-hydrogen) atoms. The van der Waals surface area contributed by atoms with E-state index in [2.05, 4.69) is 19.2 Å². The van der Waals surface area contributed by atoms with Crippen molar-refractivity contribution < 1.29 is 18.4 Å². The van der Waals surface area contributed by atoms with E-state index < -0.39 is 14.0 Å². The second-order valence-corrected chi connectivity index (χ2v) is 6.73. The topological polar surface area (TPSA) is 44.8 Å². The molecule has 0 aliphatic rings. The maximum absolute atomic E-state index is 11.4. The average molecular weight is 346 g/mol. The molecule has 0 rings (SSSR count). The van der Waals surface area contributed by atoms with Crippen LogP contribution < -0.4 is 0 Å². The Kier molecular flexibility index (Phi) is 10.7. The van der Waals surface area contributed by atoms with E-state index in [-0.39, 0.29) is 11.5 Å². The minimum Gasteiger partial charge on any atom is -0.426 e. The minimum absolute atomic E-state index is 0.180. The van der Waals surface area contributed by atoms with E-state index in [1.807, 2.05) is 46.8 Å². The van der Waals surface area contributed by atoms with Crippen molar-refractivity contribution in [1.29, 1.82) is 0 Å². The Morgan fingerprint density at radius 2 is 1.82 bits per heavy atom. The lowest BCUT2D eigenvalue weighted by molar-refractivity contribution is -0.112. The summed E-state index contributed by atoms with van der Waals surface area (Å²) in [5.74, 6) is 0.602. The van der Waals surface area contributed by atoms with Gasteiger partial charge in [0.25, 0.3) is 0 Å². The van der Waals surface area contributed by atoms with E-state index in [0.29, 0.717) is 19.0 Å². The highest BCUT2D eigenvalue weighted by molar-refractivity contribution is 7.96. The van der Waals surface area contributed by atoms with Gasteiger partial charge in [-0.15, -0.1) is 12.6 Å². The summed E-state index contributed by atoms with van der Waals surface area (Å²) >= 11 is 3.88. The molecule has 0 unspecified atom stereocenters. The molecule has 0 saturated carbocycles. The van der Waals surface area contributed by atoms with Crippen LogP contribution in [-0.4, -0.2) is 18.3 Å². The van der Waals surface area contributed by atoms with E-state index >= 15 is 0 Å². The standard InChI is InChI=1S/C16H27O4PS/c1-7-11-14(20-21(18-9-3)19-10-4)13(8-2)16(5,6)12-15(17)22/h7-8,11H,2,9-10,12H2,1,3-6H3,(H,17,22)/b11-7-,14-13-. The van der Waals surface area contributed by atoms with Crippen molar-refractivity contribution in [3.8, 4) is 0 Å². The van der Waals surface area contributed by atoms with Gasteiger partial charge in [-0.05, 0) is 26.8 Å². The normalized spacial score (nSPS) is 13.4. The van der Waals surface area contributed by atoms with Crippen LogP contribution in [0.4, 0.5) is 0 Å². The molecule has 0 aromatic rings. The van der Waals surface area contributed by atoms with E-state index in [1.165, 1.54) is 0 Å². The van der Waals surface area contributed by atoms with Crippen LogP contribution in [0.25, 0.3) is 0 Å². The van der Waals surface area contributed by atoms with Crippen molar-refractivity contribution in [1.82, 2.24) is 0 Å². The zero-order chi connectivity index (χ0) is 17.2. The summed E-state index contributed by atoms with van der Waals surface area (Å²) in [4.78, 5) is 11.4. The van der Waals surface area contributed by atoms with Gasteiger partial charge >= 0.3 is 8.60 Å². The van der Waals surface area contributed by atoms with Gasteiger partial charge in [-0.2, -0.15) is 0 Å². The van der Waals surface area contributed by atoms with Crippen molar-refractivity contribution in [2.45, 2.75) is 41.0 Å². The largest absolute Gasteiger partial charge is 0.426 e. The molecule has 0 heterocycles. The Balaban J connectivity index is 5.61. The van der Waals surface area contributed by atoms with Gasteiger partial charge in [0.1, 0.15) is 5.76 Å². The van der Waals surface area contributed by atoms with Gasteiger partial charge in [0.2, 0.25) is 0 Å². The molecular formula is C16H27O4PS. The first-order valence-electron chi connectivity index (χ1n) is 7.27. The number of rotatable bonds is 11. The van der Waals surface area contributed by atoms with Gasteiger partial charge < -0.3 is 13.6 Å². The van der Waals surface area contributed by atoms with Gasteiger partial charge in [-0.1, -0.05) is 32.6 Å². The molecular weight excluding hydrogens is 319 g/mol. The third-order valence-electron chi connectivity index (χ3n) is 2.75. The molecule has 0 spiro atoms. The lowest BCUT2D eigenvalue weighted by atomic mass is 9.80. The molecule has 0 aromatic heterocycles. The van der Waals surface area contributed by atoms with E-state index in [1.54, 1.807) is 6.08 Å². The quantitative estimate of drug-likeness (QED) is 0.242. The Bertz CT molecular complexity index is 424. The summed E-state index contributed by atoms with van der Waals surface area (Å²) in [6, 6.07) is 0. The Morgan fingerprint density at radius 3 is 2.18 bits per heavy atom. The van der Waals surface area contributed by atoms with Crippen LogP contribution in [0.15, 0.2) is 36.1 Å². The van der Waals surface area contributed by atoms with E-state index in [0.717, 1.165) is 5.57 Å². The van der Waals surface area contributed by atoms with Crippen LogP contribution in [0.3, 0.4) is 0 Å². The Morgan fingerprint density at radius 1 is 1.27 bits per heavy atom. The maximum Gasteiger partial charge on any atom is 0.397 e. The third kappa shape index (κ3) is 7.59. The molecule has 0 fully saturated rings. The molecule has 0 amide bonds. The minimum atomic E-state index is -1.48. The molecule has 0 bridgehead atoms. The summed E-state index contributed by atoms with van der Waals surface area (Å²) in [6.45, 7) is 14.4. The highest BCUT2D eigenvalue weighted by Crippen LogP contribution is 2.45. The number of allylic oxidation sites excluding steroid dienone is 4. The number of hydrogen-bond donors (Lipinski definition) is 1. The lowest BCUT2D eigenvalue weighted by Crippen LogP contribution is -2.18. The van der Waals surface area contributed by atoms with Crippen LogP contribution in [0.2, 0.25) is 0 Å². The number of hydrogen-bond acceptors (Lipinski definition) is 4. The Hall–Kier alpha value is -0.610. The van der Waals surface area contributed by atoms with Crippen molar-refractivity contribution >= 4 is 26.3 Å². The summed E-state index contributed by atoms with van der Waals surface area (Å²) in [5.41, 5.74) is 0.370. The first-order chi connectivity index (χ1) is 10.3. The van der Waals surface area contributed by atoms with E-state index in [9.17, 15) is 4.79 Å². The summed E-state index contributed by atoms with van der Waals surface area (Å²) in [5, 5.41) is -0.180. The van der Waals surface area contributed by atoms with Crippen LogP contribution in [0.5, 0.6) is 0 Å². The fourth-order valence-electron chi connectivity index (χ4n) is 1.89. The predicted octanol–water partition coefficient (Wildman–Crippen LogP) is 5.19. The molecule has 0 aliphatic carbocycles. The predicted molar refractivity (Wildman–Crippen MR) is 95.7 cm³/mol. The smallest absolute Gasteiger partial charge is 0.397 e. The highest BCUT2D eigenvalue weighted by Gasteiger charge is 2.28. The Labute approximate surface area is 141 Å². The average Bonchev–Trinajstić information content (AvgIpc) is 2.38. The molecule has 0 aliphatic heterocycles. The monoisotopic (exact) mass is 346 g/mol. The maximum atomic E-state index is 11.4. The van der Waals surface area contributed by atoms with Crippen LogP contribution in [0, 0.1) is 5.41 Å². The molecule has 0 atom stereocenters. The third-order valence-corrected chi connectivity index (χ3v) is 4.19. The molecule has 0 aromatic carbocycles. The molecule has 126 valence electrons. The van der Waals surface area contributed by atoms with Gasteiger partial charge in [-0.25, -0.2) is 0 Å². The fourth-order valence-corrected chi connectivity index (χ4v) is 3.20. The second-order valence-electron chi connectivity index (χ2n) is 5.09. The summed E-state index contributed by atoms with van der Waals surface area (Å²) in [6.07, 6.45) is 5.68. The SMILES string of the molecule is C=C/C(=C(\C=C/C)OP(OCC)OCC)C(C)(C)CC(=O)S.